The molecule has 0 aliphatic carbocycles. The highest BCUT2D eigenvalue weighted by Crippen LogP contribution is 2.39. The second-order valence-corrected chi connectivity index (χ2v) is 9.75. The van der Waals surface area contributed by atoms with Gasteiger partial charge in [-0.05, 0) is 63.7 Å². The smallest absolute Gasteiger partial charge is 0.228 e. The molecule has 2 aliphatic heterocycles. The molecule has 2 aromatic rings. The number of fused-ring (bicyclic) bond motifs is 1. The molecule has 0 unspecified atom stereocenters. The van der Waals surface area contributed by atoms with E-state index >= 15 is 0 Å². The molecule has 3 heterocycles. The van der Waals surface area contributed by atoms with Gasteiger partial charge >= 0.3 is 0 Å². The first-order valence-corrected chi connectivity index (χ1v) is 12.0. The molecule has 4 rings (SSSR count). The Morgan fingerprint density at radius 3 is 2.70 bits per heavy atom. The summed E-state index contributed by atoms with van der Waals surface area (Å²) < 4.78 is 6.03. The lowest BCUT2D eigenvalue weighted by atomic mass is 9.73. The molecule has 2 aliphatic rings. The summed E-state index contributed by atoms with van der Waals surface area (Å²) in [6.07, 6.45) is 6.10. The molecule has 1 spiro atoms. The first-order chi connectivity index (χ1) is 14.6. The Morgan fingerprint density at radius 1 is 1.13 bits per heavy atom. The van der Waals surface area contributed by atoms with E-state index in [9.17, 15) is 4.79 Å². The van der Waals surface area contributed by atoms with Crippen molar-refractivity contribution >= 4 is 17.2 Å². The second kappa shape index (κ2) is 9.48. The fourth-order valence-electron chi connectivity index (χ4n) is 4.82. The van der Waals surface area contributed by atoms with E-state index in [2.05, 4.69) is 28.9 Å². The van der Waals surface area contributed by atoms with Crippen LogP contribution in [-0.2, 0) is 17.8 Å². The third kappa shape index (κ3) is 4.70. The van der Waals surface area contributed by atoms with Gasteiger partial charge in [0.15, 0.2) is 0 Å². The van der Waals surface area contributed by atoms with Crippen molar-refractivity contribution < 1.29 is 9.53 Å². The minimum Gasteiger partial charge on any atom is -0.491 e. The third-order valence-corrected chi connectivity index (χ3v) is 7.75. The summed E-state index contributed by atoms with van der Waals surface area (Å²) >= 11 is 1.74. The maximum Gasteiger partial charge on any atom is 0.228 e. The van der Waals surface area contributed by atoms with Crippen molar-refractivity contribution in [2.75, 3.05) is 33.3 Å². The van der Waals surface area contributed by atoms with Gasteiger partial charge in [0.1, 0.15) is 12.4 Å². The molecule has 30 heavy (non-hydrogen) atoms. The number of thiazole rings is 1. The number of likely N-dealkylation sites (N-methyl/N-ethyl adjacent to an activating group) is 1. The average Bonchev–Trinajstić information content (AvgIpc) is 3.16. The standard InChI is InChI=1S/C24H33N3O2S/c1-19-22(30-18-25-19)17-27-13-11-24(12-14-27)10-6-5-8-20-7-3-4-9-21(20)29-16-15-26(2)23(24)28/h3-4,7,9,18H,5-6,8,10-17H2,1-2H3. The topological polar surface area (TPSA) is 45.7 Å². The molecular weight excluding hydrogens is 394 g/mol. The number of amides is 1. The van der Waals surface area contributed by atoms with Crippen molar-refractivity contribution in [3.8, 4) is 5.75 Å². The van der Waals surface area contributed by atoms with Crippen molar-refractivity contribution in [2.45, 2.75) is 52.0 Å². The highest BCUT2D eigenvalue weighted by Gasteiger charge is 2.42. The van der Waals surface area contributed by atoms with Gasteiger partial charge in [0.2, 0.25) is 5.91 Å². The minimum atomic E-state index is -0.216. The van der Waals surface area contributed by atoms with E-state index in [-0.39, 0.29) is 5.41 Å². The van der Waals surface area contributed by atoms with E-state index in [0.717, 1.165) is 69.6 Å². The number of benzene rings is 1. The first-order valence-electron chi connectivity index (χ1n) is 11.1. The van der Waals surface area contributed by atoms with Crippen LogP contribution in [0.2, 0.25) is 0 Å². The van der Waals surface area contributed by atoms with Gasteiger partial charge in [0.05, 0.1) is 23.2 Å². The average molecular weight is 428 g/mol. The molecule has 162 valence electrons. The summed E-state index contributed by atoms with van der Waals surface area (Å²) in [6, 6.07) is 8.33. The molecule has 1 saturated heterocycles. The third-order valence-electron chi connectivity index (χ3n) is 6.83. The SMILES string of the molecule is Cc1ncsc1CN1CCC2(CCCCc3ccccc3OCCN(C)C2=O)CC1. The van der Waals surface area contributed by atoms with E-state index in [0.29, 0.717) is 19.1 Å². The summed E-state index contributed by atoms with van der Waals surface area (Å²) in [4.78, 5) is 23.6. The summed E-state index contributed by atoms with van der Waals surface area (Å²) in [6.45, 7) is 6.20. The van der Waals surface area contributed by atoms with Gasteiger partial charge in [0, 0.05) is 18.5 Å². The zero-order valence-electron chi connectivity index (χ0n) is 18.2. The fourth-order valence-corrected chi connectivity index (χ4v) is 5.64. The van der Waals surface area contributed by atoms with Crippen LogP contribution < -0.4 is 4.74 Å². The van der Waals surface area contributed by atoms with Crippen LogP contribution in [0.5, 0.6) is 5.75 Å². The van der Waals surface area contributed by atoms with Crippen molar-refractivity contribution in [3.63, 3.8) is 0 Å². The number of hydrogen-bond donors (Lipinski definition) is 0. The quantitative estimate of drug-likeness (QED) is 0.717. The predicted octanol–water partition coefficient (Wildman–Crippen LogP) is 4.30. The predicted molar refractivity (Wildman–Crippen MR) is 121 cm³/mol. The van der Waals surface area contributed by atoms with E-state index in [1.54, 1.807) is 11.3 Å². The van der Waals surface area contributed by atoms with Gasteiger partial charge in [-0.2, -0.15) is 0 Å². The normalized spacial score (nSPS) is 20.9. The first kappa shape index (κ1) is 21.3. The Bertz CT molecular complexity index is 858. The highest BCUT2D eigenvalue weighted by molar-refractivity contribution is 7.09. The van der Waals surface area contributed by atoms with E-state index in [1.165, 1.54) is 10.4 Å². The van der Waals surface area contributed by atoms with E-state index in [1.807, 2.05) is 29.6 Å². The molecule has 0 radical (unpaired) electrons. The Balaban J connectivity index is 1.43. The number of likely N-dealkylation sites (tertiary alicyclic amines) is 1. The maximum absolute atomic E-state index is 13.5. The number of aromatic nitrogens is 1. The van der Waals surface area contributed by atoms with Gasteiger partial charge < -0.3 is 9.64 Å². The zero-order valence-corrected chi connectivity index (χ0v) is 19.0. The number of carbonyl (C=O) groups is 1. The lowest BCUT2D eigenvalue weighted by Crippen LogP contribution is -2.50. The van der Waals surface area contributed by atoms with E-state index in [4.69, 9.17) is 4.74 Å². The number of hydrogen-bond acceptors (Lipinski definition) is 5. The van der Waals surface area contributed by atoms with Gasteiger partial charge in [-0.25, -0.2) is 4.98 Å². The maximum atomic E-state index is 13.5. The summed E-state index contributed by atoms with van der Waals surface area (Å²) in [5.74, 6) is 1.29. The van der Waals surface area contributed by atoms with Gasteiger partial charge in [-0.3, -0.25) is 9.69 Å². The largest absolute Gasteiger partial charge is 0.491 e. The summed E-state index contributed by atoms with van der Waals surface area (Å²) in [7, 11) is 1.94. The van der Waals surface area contributed by atoms with Crippen LogP contribution in [0.1, 0.15) is 48.2 Å². The van der Waals surface area contributed by atoms with Crippen molar-refractivity contribution in [2.24, 2.45) is 5.41 Å². The van der Waals surface area contributed by atoms with Crippen molar-refractivity contribution in [1.29, 1.82) is 0 Å². The molecule has 0 bridgehead atoms. The lowest BCUT2D eigenvalue weighted by molar-refractivity contribution is -0.145. The van der Waals surface area contributed by atoms with Crippen LogP contribution >= 0.6 is 11.3 Å². The summed E-state index contributed by atoms with van der Waals surface area (Å²) in [5, 5.41) is 0. The van der Waals surface area contributed by atoms with Crippen LogP contribution in [0, 0.1) is 12.3 Å². The highest BCUT2D eigenvalue weighted by atomic mass is 32.1. The van der Waals surface area contributed by atoms with Gasteiger partial charge in [-0.1, -0.05) is 24.6 Å². The summed E-state index contributed by atoms with van der Waals surface area (Å²) in [5.41, 5.74) is 4.15. The number of piperidine rings is 1. The molecule has 1 aromatic heterocycles. The molecule has 1 aromatic carbocycles. The minimum absolute atomic E-state index is 0.216. The monoisotopic (exact) mass is 427 g/mol. The van der Waals surface area contributed by atoms with E-state index < -0.39 is 0 Å². The van der Waals surface area contributed by atoms with Crippen LogP contribution in [-0.4, -0.2) is 54.0 Å². The number of nitrogens with zero attached hydrogens (tertiary/aromatic N) is 3. The van der Waals surface area contributed by atoms with Gasteiger partial charge in [-0.15, -0.1) is 11.3 Å². The Kier molecular flexibility index (Phi) is 6.74. The van der Waals surface area contributed by atoms with Gasteiger partial charge in [0.25, 0.3) is 0 Å². The number of aryl methyl sites for hydroxylation is 2. The number of rotatable bonds is 2. The van der Waals surface area contributed by atoms with Crippen molar-refractivity contribution in [3.05, 3.63) is 45.9 Å². The Labute approximate surface area is 184 Å². The molecular formula is C24H33N3O2S. The number of para-hydroxylation sites is 1. The van der Waals surface area contributed by atoms with Crippen LogP contribution in [0.4, 0.5) is 0 Å². The fraction of sp³-hybridized carbons (Fsp3) is 0.583. The molecule has 6 heteroatoms. The molecule has 1 fully saturated rings. The molecule has 0 atom stereocenters. The number of ether oxygens (including phenoxy) is 1. The van der Waals surface area contributed by atoms with Crippen LogP contribution in [0.3, 0.4) is 0 Å². The Hall–Kier alpha value is -1.92. The molecule has 1 amide bonds. The second-order valence-electron chi connectivity index (χ2n) is 8.81. The molecule has 5 nitrogen and oxygen atoms in total. The molecule has 0 N–H and O–H groups in total. The lowest BCUT2D eigenvalue weighted by Gasteiger charge is -2.43. The Morgan fingerprint density at radius 2 is 1.93 bits per heavy atom. The van der Waals surface area contributed by atoms with Crippen LogP contribution in [0.15, 0.2) is 29.8 Å². The number of carbonyl (C=O) groups excluding carboxylic acids is 1. The molecule has 0 saturated carbocycles. The van der Waals surface area contributed by atoms with Crippen LogP contribution in [0.25, 0.3) is 0 Å². The van der Waals surface area contributed by atoms with Crippen molar-refractivity contribution in [1.82, 2.24) is 14.8 Å². The zero-order chi connectivity index (χ0) is 21.0.